The van der Waals surface area contributed by atoms with E-state index in [2.05, 4.69) is 88.5 Å². The summed E-state index contributed by atoms with van der Waals surface area (Å²) >= 11 is 0. The van der Waals surface area contributed by atoms with Crippen LogP contribution in [-0.4, -0.2) is 23.3 Å². The van der Waals surface area contributed by atoms with E-state index in [1.165, 1.54) is 10.8 Å². The van der Waals surface area contributed by atoms with Crippen molar-refractivity contribution in [3.63, 3.8) is 0 Å². The molecule has 0 radical (unpaired) electrons. The zero-order chi connectivity index (χ0) is 22.3. The van der Waals surface area contributed by atoms with Crippen molar-refractivity contribution in [1.29, 1.82) is 0 Å². The number of allylic oxidation sites excluding steroid dienone is 4. The molecule has 0 bridgehead atoms. The lowest BCUT2D eigenvalue weighted by Gasteiger charge is -2.10. The van der Waals surface area contributed by atoms with Gasteiger partial charge in [0.2, 0.25) is 0 Å². The van der Waals surface area contributed by atoms with Gasteiger partial charge < -0.3 is 10.3 Å². The summed E-state index contributed by atoms with van der Waals surface area (Å²) in [5, 5.41) is 2.44. The van der Waals surface area contributed by atoms with Gasteiger partial charge in [0, 0.05) is 28.5 Å². The Morgan fingerprint density at radius 3 is 2.09 bits per heavy atom. The SMILES string of the molecule is C=C/C=C(\C=C/CC(N=C)/N=C(\N)c1ccccc1)n1c2ccccc2c2ccccc21. The van der Waals surface area contributed by atoms with Gasteiger partial charge in [-0.05, 0) is 31.0 Å². The van der Waals surface area contributed by atoms with Crippen LogP contribution >= 0.6 is 0 Å². The smallest absolute Gasteiger partial charge is 0.144 e. The van der Waals surface area contributed by atoms with Gasteiger partial charge >= 0.3 is 0 Å². The van der Waals surface area contributed by atoms with Gasteiger partial charge in [-0.2, -0.15) is 0 Å². The molecule has 4 nitrogen and oxygen atoms in total. The lowest BCUT2D eigenvalue weighted by atomic mass is 10.2. The van der Waals surface area contributed by atoms with Crippen LogP contribution in [-0.2, 0) is 0 Å². The topological polar surface area (TPSA) is 55.7 Å². The number of aromatic nitrogens is 1. The quantitative estimate of drug-likeness (QED) is 0.207. The third-order valence-electron chi connectivity index (χ3n) is 5.33. The van der Waals surface area contributed by atoms with Crippen molar-refractivity contribution in [1.82, 2.24) is 4.57 Å². The van der Waals surface area contributed by atoms with Gasteiger partial charge in [0.15, 0.2) is 0 Å². The summed E-state index contributed by atoms with van der Waals surface area (Å²) in [5.41, 5.74) is 10.4. The van der Waals surface area contributed by atoms with Crippen molar-refractivity contribution in [2.75, 3.05) is 0 Å². The minimum absolute atomic E-state index is 0.352. The molecule has 4 aromatic rings. The molecule has 4 rings (SSSR count). The second-order valence-electron chi connectivity index (χ2n) is 7.38. The summed E-state index contributed by atoms with van der Waals surface area (Å²) in [6.45, 7) is 7.60. The number of benzene rings is 3. The number of hydrogen-bond donors (Lipinski definition) is 1. The predicted octanol–water partition coefficient (Wildman–Crippen LogP) is 6.20. The monoisotopic (exact) mass is 418 g/mol. The first-order valence-corrected chi connectivity index (χ1v) is 10.5. The van der Waals surface area contributed by atoms with Gasteiger partial charge in [0.05, 0.1) is 11.0 Å². The number of rotatable bonds is 8. The van der Waals surface area contributed by atoms with Gasteiger partial charge in [-0.25, -0.2) is 4.99 Å². The van der Waals surface area contributed by atoms with Gasteiger partial charge in [-0.3, -0.25) is 4.99 Å². The minimum Gasteiger partial charge on any atom is -0.383 e. The van der Waals surface area contributed by atoms with Crippen molar-refractivity contribution in [3.8, 4) is 0 Å². The maximum atomic E-state index is 6.16. The van der Waals surface area contributed by atoms with Crippen LogP contribution < -0.4 is 5.73 Å². The molecular formula is C28H26N4. The Morgan fingerprint density at radius 2 is 1.50 bits per heavy atom. The highest BCUT2D eigenvalue weighted by Gasteiger charge is 2.11. The first kappa shape index (κ1) is 21.1. The first-order valence-electron chi connectivity index (χ1n) is 10.5. The molecule has 0 saturated carbocycles. The zero-order valence-electron chi connectivity index (χ0n) is 17.9. The van der Waals surface area contributed by atoms with Crippen LogP contribution in [0.5, 0.6) is 0 Å². The highest BCUT2D eigenvalue weighted by atomic mass is 15.0. The number of amidine groups is 1. The molecule has 0 saturated heterocycles. The lowest BCUT2D eigenvalue weighted by molar-refractivity contribution is 0.730. The van der Waals surface area contributed by atoms with Crippen LogP contribution in [0.4, 0.5) is 0 Å². The fraction of sp³-hybridized carbons (Fsp3) is 0.0714. The molecule has 2 N–H and O–H groups in total. The molecule has 1 heterocycles. The predicted molar refractivity (Wildman–Crippen MR) is 138 cm³/mol. The van der Waals surface area contributed by atoms with Crippen molar-refractivity contribution in [2.24, 2.45) is 15.7 Å². The average molecular weight is 419 g/mol. The third-order valence-corrected chi connectivity index (χ3v) is 5.33. The Balaban J connectivity index is 1.65. The highest BCUT2D eigenvalue weighted by Crippen LogP contribution is 2.31. The standard InChI is InChI=1S/C28H26N4/c1-3-12-22(15-11-20-27(30-2)31-28(29)21-13-5-4-6-14-21)32-25-18-9-7-16-23(25)24-17-8-10-19-26(24)32/h3-19,27H,1-2,20H2,(H2,29,31)/b15-11-,22-12+. The lowest BCUT2D eigenvalue weighted by Crippen LogP contribution is -2.16. The van der Waals surface area contributed by atoms with Gasteiger partial charge in [0.1, 0.15) is 12.0 Å². The zero-order valence-corrected chi connectivity index (χ0v) is 17.9. The van der Waals surface area contributed by atoms with E-state index in [9.17, 15) is 0 Å². The van der Waals surface area contributed by atoms with Gasteiger partial charge in [-0.15, -0.1) is 0 Å². The van der Waals surface area contributed by atoms with Crippen molar-refractivity contribution < 1.29 is 0 Å². The Morgan fingerprint density at radius 1 is 0.906 bits per heavy atom. The van der Waals surface area contributed by atoms with E-state index >= 15 is 0 Å². The van der Waals surface area contributed by atoms with Crippen LogP contribution in [0.2, 0.25) is 0 Å². The second kappa shape index (κ2) is 9.75. The summed E-state index contributed by atoms with van der Waals surface area (Å²) in [7, 11) is 0. The summed E-state index contributed by atoms with van der Waals surface area (Å²) in [6.07, 6.45) is 8.18. The van der Waals surface area contributed by atoms with Crippen molar-refractivity contribution in [2.45, 2.75) is 12.6 Å². The molecule has 0 aliphatic carbocycles. The van der Waals surface area contributed by atoms with Gasteiger partial charge in [0.25, 0.3) is 0 Å². The molecule has 0 spiro atoms. The average Bonchev–Trinajstić information content (AvgIpc) is 3.17. The molecule has 1 unspecified atom stereocenters. The van der Waals surface area contributed by atoms with Crippen molar-refractivity contribution >= 4 is 40.1 Å². The van der Waals surface area contributed by atoms with Crippen LogP contribution in [0.25, 0.3) is 27.5 Å². The van der Waals surface area contributed by atoms with E-state index in [1.807, 2.05) is 36.4 Å². The first-order chi connectivity index (χ1) is 15.7. The summed E-state index contributed by atoms with van der Waals surface area (Å²) in [5.74, 6) is 0.459. The largest absolute Gasteiger partial charge is 0.383 e. The Kier molecular flexibility index (Phi) is 6.42. The van der Waals surface area contributed by atoms with E-state index in [0.717, 1.165) is 22.3 Å². The summed E-state index contributed by atoms with van der Waals surface area (Å²) in [6, 6.07) is 26.5. The van der Waals surface area contributed by atoms with Crippen LogP contribution in [0, 0.1) is 0 Å². The van der Waals surface area contributed by atoms with E-state index in [1.54, 1.807) is 6.08 Å². The maximum absolute atomic E-state index is 6.16. The number of nitrogens with two attached hydrogens (primary N) is 1. The molecule has 1 aromatic heterocycles. The molecule has 0 amide bonds. The Labute approximate surface area is 188 Å². The molecule has 1 atom stereocenters. The second-order valence-corrected chi connectivity index (χ2v) is 7.38. The minimum atomic E-state index is -0.352. The third kappa shape index (κ3) is 4.30. The fourth-order valence-electron chi connectivity index (χ4n) is 3.85. The van der Waals surface area contributed by atoms with E-state index in [4.69, 9.17) is 5.73 Å². The normalized spacial score (nSPS) is 13.6. The van der Waals surface area contributed by atoms with Crippen LogP contribution in [0.3, 0.4) is 0 Å². The van der Waals surface area contributed by atoms with E-state index in [0.29, 0.717) is 12.3 Å². The Bertz CT molecular complexity index is 1290. The maximum Gasteiger partial charge on any atom is 0.144 e. The number of fused-ring (bicyclic) bond motifs is 3. The molecule has 0 aliphatic rings. The number of hydrogen-bond acceptors (Lipinski definition) is 2. The summed E-state index contributed by atoms with van der Waals surface area (Å²) < 4.78 is 2.25. The molecule has 4 heteroatoms. The number of aliphatic imine (C=N–C) groups is 2. The molecule has 0 aliphatic heterocycles. The van der Waals surface area contributed by atoms with E-state index in [-0.39, 0.29) is 6.17 Å². The molecule has 3 aromatic carbocycles. The van der Waals surface area contributed by atoms with Crippen LogP contribution in [0.15, 0.2) is 120 Å². The molecule has 158 valence electrons. The van der Waals surface area contributed by atoms with Gasteiger partial charge in [-0.1, -0.05) is 85.5 Å². The Hall–Kier alpha value is -4.18. The summed E-state index contributed by atoms with van der Waals surface area (Å²) in [4.78, 5) is 8.68. The van der Waals surface area contributed by atoms with Crippen molar-refractivity contribution in [3.05, 3.63) is 115 Å². The van der Waals surface area contributed by atoms with E-state index < -0.39 is 0 Å². The molecule has 0 fully saturated rings. The highest BCUT2D eigenvalue weighted by molar-refractivity contribution is 6.10. The number of para-hydroxylation sites is 2. The molecular weight excluding hydrogens is 392 g/mol. The number of nitrogens with zero attached hydrogens (tertiary/aromatic N) is 3. The molecule has 32 heavy (non-hydrogen) atoms. The fourth-order valence-corrected chi connectivity index (χ4v) is 3.85. The van der Waals surface area contributed by atoms with Crippen LogP contribution in [0.1, 0.15) is 12.0 Å².